The molecule has 2 amide bonds. The quantitative estimate of drug-likeness (QED) is 0.123. The Kier molecular flexibility index (Phi) is 10.1. The minimum Gasteiger partial charge on any atom is -0.508 e. The number of phenolic OH excluding ortho intramolecular Hbond substituents is 1. The van der Waals surface area contributed by atoms with Crippen LogP contribution >= 0.6 is 0 Å². The number of carbonyl (C=O) groups excluding carboxylic acids is 5. The number of Topliss-reactive ketones (excluding diaryl/α,β-unsaturated/α-hetero) is 2. The number of amides is 2. The van der Waals surface area contributed by atoms with E-state index in [1.165, 1.54) is 32.0 Å². The number of nitrogens with one attached hydrogen (secondary N) is 1. The van der Waals surface area contributed by atoms with Crippen molar-refractivity contribution in [2.45, 2.75) is 49.8 Å². The maximum atomic E-state index is 14.4. The fourth-order valence-electron chi connectivity index (χ4n) is 7.94. The summed E-state index contributed by atoms with van der Waals surface area (Å²) in [7, 11) is 2.79. The average molecular weight is 742 g/mol. The summed E-state index contributed by atoms with van der Waals surface area (Å²) in [4.78, 5) is 68.7. The Bertz CT molecular complexity index is 2100. The molecule has 2 unspecified atom stereocenters. The predicted molar refractivity (Wildman–Crippen MR) is 189 cm³/mol. The smallest absolute Gasteiger partial charge is 0.408 e. The van der Waals surface area contributed by atoms with Crippen LogP contribution in [0.3, 0.4) is 0 Å². The van der Waals surface area contributed by atoms with Crippen LogP contribution in [0.15, 0.2) is 89.7 Å². The standard InChI is InChI=1S/C39H39N3O12/c1-18-23-21(29(37(50)53-16-19-10-6-4-7-11-19)41-38(51)54-17-20-12-8-5-9-13-20)14-15-22(43)25(23)31(44)26-24(18)32(45)28-30(42(2)3)33(46)27(36(40)49)35(48)39(28,52)34(26)47/h4-15,18,24,28-30,32,43-45,48,52H,16-17H2,1-3H3,(H2,40,49)(H,41,51)/t18-,24+,28+,29?,30?,32-,39-/m0/s1. The molecule has 1 saturated carbocycles. The second-order valence-corrected chi connectivity index (χ2v) is 13.7. The first-order chi connectivity index (χ1) is 25.6. The van der Waals surface area contributed by atoms with Gasteiger partial charge in [-0.25, -0.2) is 9.59 Å². The number of benzene rings is 3. The second kappa shape index (κ2) is 14.4. The van der Waals surface area contributed by atoms with E-state index in [4.69, 9.17) is 15.2 Å². The third kappa shape index (κ3) is 6.15. The number of aromatic hydroxyl groups is 1. The number of alkyl carbamates (subject to hydrolysis) is 1. The van der Waals surface area contributed by atoms with Gasteiger partial charge in [-0.05, 0) is 48.3 Å². The molecule has 7 atom stereocenters. The second-order valence-electron chi connectivity index (χ2n) is 13.7. The molecule has 0 spiro atoms. The molecule has 54 heavy (non-hydrogen) atoms. The number of carbonyl (C=O) groups is 5. The van der Waals surface area contributed by atoms with Gasteiger partial charge in [-0.3, -0.25) is 19.3 Å². The van der Waals surface area contributed by atoms with E-state index < -0.39 is 99.5 Å². The molecule has 3 aliphatic rings. The molecule has 0 aliphatic heterocycles. The summed E-state index contributed by atoms with van der Waals surface area (Å²) in [6.45, 7) is 1.17. The molecule has 1 fully saturated rings. The zero-order valence-electron chi connectivity index (χ0n) is 29.4. The minimum absolute atomic E-state index is 0.00116. The lowest BCUT2D eigenvalue weighted by molar-refractivity contribution is -0.169. The van der Waals surface area contributed by atoms with Gasteiger partial charge < -0.3 is 46.1 Å². The Hall–Kier alpha value is -6.03. The molecule has 0 radical (unpaired) electrons. The van der Waals surface area contributed by atoms with Crippen molar-refractivity contribution in [1.82, 2.24) is 10.2 Å². The SMILES string of the molecule is C[C@H]1c2c(C(NC(=O)OCc3ccccc3)C(=O)OCc3ccccc3)ccc(O)c2C(O)=C2C(=O)[C@]3(O)C(O)=C(C(N)=O)C(=O)C(N(C)C)[C@@H]3[C@@H](O)[C@@H]21. The Morgan fingerprint density at radius 3 is 2.04 bits per heavy atom. The summed E-state index contributed by atoms with van der Waals surface area (Å²) < 4.78 is 11.0. The topological polar surface area (TPSA) is 246 Å². The summed E-state index contributed by atoms with van der Waals surface area (Å²) >= 11 is 0. The van der Waals surface area contributed by atoms with Crippen molar-refractivity contribution < 1.29 is 59.0 Å². The third-order valence-corrected chi connectivity index (χ3v) is 10.4. The van der Waals surface area contributed by atoms with E-state index in [0.717, 1.165) is 6.07 Å². The zero-order valence-corrected chi connectivity index (χ0v) is 29.4. The summed E-state index contributed by atoms with van der Waals surface area (Å²) in [6.07, 6.45) is -2.91. The highest BCUT2D eigenvalue weighted by Gasteiger charge is 2.68. The Morgan fingerprint density at radius 1 is 0.907 bits per heavy atom. The number of hydrogen-bond donors (Lipinski definition) is 7. The number of fused-ring (bicyclic) bond motifs is 3. The maximum absolute atomic E-state index is 14.4. The Labute approximate surface area is 308 Å². The molecule has 8 N–H and O–H groups in total. The molecule has 15 heteroatoms. The van der Waals surface area contributed by atoms with Crippen LogP contribution in [0.4, 0.5) is 4.79 Å². The highest BCUT2D eigenvalue weighted by Crippen LogP contribution is 2.57. The Balaban J connectivity index is 1.48. The largest absolute Gasteiger partial charge is 0.508 e. The van der Waals surface area contributed by atoms with Gasteiger partial charge in [0.25, 0.3) is 5.91 Å². The van der Waals surface area contributed by atoms with E-state index in [2.05, 4.69) is 5.32 Å². The van der Waals surface area contributed by atoms with Crippen molar-refractivity contribution in [3.63, 3.8) is 0 Å². The Morgan fingerprint density at radius 2 is 1.48 bits per heavy atom. The van der Waals surface area contributed by atoms with Gasteiger partial charge in [0.15, 0.2) is 17.4 Å². The van der Waals surface area contributed by atoms with Crippen LogP contribution in [0.1, 0.15) is 46.7 Å². The van der Waals surface area contributed by atoms with Crippen molar-refractivity contribution >= 4 is 35.3 Å². The number of likely N-dealkylation sites (N-methyl/N-ethyl adjacent to an activating group) is 1. The third-order valence-electron chi connectivity index (χ3n) is 10.4. The molecule has 282 valence electrons. The van der Waals surface area contributed by atoms with Crippen molar-refractivity contribution in [1.29, 1.82) is 0 Å². The first-order valence-corrected chi connectivity index (χ1v) is 17.0. The molecule has 0 saturated heterocycles. The average Bonchev–Trinajstić information content (AvgIpc) is 3.14. The molecule has 0 bridgehead atoms. The number of ether oxygens (including phenoxy) is 2. The highest BCUT2D eigenvalue weighted by atomic mass is 16.6. The summed E-state index contributed by atoms with van der Waals surface area (Å²) in [5.41, 5.74) is 1.57. The number of hydrogen-bond acceptors (Lipinski definition) is 13. The van der Waals surface area contributed by atoms with E-state index in [1.54, 1.807) is 60.7 Å². The first-order valence-electron chi connectivity index (χ1n) is 17.0. The fraction of sp³-hybridized carbons (Fsp3) is 0.308. The van der Waals surface area contributed by atoms with Crippen LogP contribution in [0.2, 0.25) is 0 Å². The van der Waals surface area contributed by atoms with E-state index >= 15 is 0 Å². The summed E-state index contributed by atoms with van der Waals surface area (Å²) in [5.74, 6) is -12.0. The van der Waals surface area contributed by atoms with E-state index in [0.29, 0.717) is 11.1 Å². The van der Waals surface area contributed by atoms with Crippen LogP contribution in [0, 0.1) is 11.8 Å². The number of phenols is 1. The van der Waals surface area contributed by atoms with E-state index in [9.17, 15) is 49.5 Å². The number of aliphatic hydroxyl groups is 4. The number of rotatable bonds is 9. The number of primary amides is 1. The van der Waals surface area contributed by atoms with E-state index in [-0.39, 0.29) is 29.9 Å². The highest BCUT2D eigenvalue weighted by molar-refractivity contribution is 6.24. The lowest BCUT2D eigenvalue weighted by Crippen LogP contribution is -2.70. The molecule has 3 aromatic carbocycles. The first kappa shape index (κ1) is 37.7. The van der Waals surface area contributed by atoms with Gasteiger partial charge in [0.2, 0.25) is 5.78 Å². The van der Waals surface area contributed by atoms with Crippen molar-refractivity contribution in [2.24, 2.45) is 17.6 Å². The number of nitrogens with two attached hydrogens (primary N) is 1. The van der Waals surface area contributed by atoms with Gasteiger partial charge in [0.1, 0.15) is 36.1 Å². The van der Waals surface area contributed by atoms with Gasteiger partial charge in [0.05, 0.1) is 23.6 Å². The van der Waals surface area contributed by atoms with Crippen LogP contribution in [0.5, 0.6) is 5.75 Å². The van der Waals surface area contributed by atoms with Gasteiger partial charge >= 0.3 is 12.1 Å². The van der Waals surface area contributed by atoms with Gasteiger partial charge in [0, 0.05) is 11.5 Å². The van der Waals surface area contributed by atoms with Crippen LogP contribution in [0.25, 0.3) is 5.76 Å². The van der Waals surface area contributed by atoms with Crippen molar-refractivity contribution in [2.75, 3.05) is 14.1 Å². The lowest BCUT2D eigenvalue weighted by atomic mass is 9.54. The van der Waals surface area contributed by atoms with Crippen LogP contribution < -0.4 is 11.1 Å². The molecule has 6 rings (SSSR count). The lowest BCUT2D eigenvalue weighted by Gasteiger charge is -2.54. The number of ketones is 2. The van der Waals surface area contributed by atoms with E-state index in [1.807, 2.05) is 0 Å². The van der Waals surface area contributed by atoms with Crippen LogP contribution in [-0.2, 0) is 41.9 Å². The molecule has 3 aromatic rings. The maximum Gasteiger partial charge on any atom is 0.408 e. The van der Waals surface area contributed by atoms with Crippen molar-refractivity contribution in [3.05, 3.63) is 118 Å². The van der Waals surface area contributed by atoms with Crippen LogP contribution in [-0.4, -0.2) is 91.8 Å². The summed E-state index contributed by atoms with van der Waals surface area (Å²) in [6, 6.07) is 16.7. The monoisotopic (exact) mass is 741 g/mol. The van der Waals surface area contributed by atoms with Gasteiger partial charge in [-0.2, -0.15) is 0 Å². The minimum atomic E-state index is -3.11. The predicted octanol–water partition coefficient (Wildman–Crippen LogP) is 2.21. The zero-order chi connectivity index (χ0) is 39.2. The normalized spacial score (nSPS) is 25.3. The molecule has 15 nitrogen and oxygen atoms in total. The van der Waals surface area contributed by atoms with Gasteiger partial charge in [-0.15, -0.1) is 0 Å². The molecular weight excluding hydrogens is 702 g/mol. The molecule has 0 heterocycles. The molecular formula is C39H39N3O12. The fourth-order valence-corrected chi connectivity index (χ4v) is 7.94. The molecule has 3 aliphatic carbocycles. The number of esters is 1. The van der Waals surface area contributed by atoms with Crippen molar-refractivity contribution in [3.8, 4) is 5.75 Å². The molecule has 0 aromatic heterocycles. The van der Waals surface area contributed by atoms with Gasteiger partial charge in [-0.1, -0.05) is 73.7 Å². The summed E-state index contributed by atoms with van der Waals surface area (Å²) in [5, 5.41) is 60.7. The number of aliphatic hydroxyl groups excluding tert-OH is 3. The number of nitrogens with zero attached hydrogens (tertiary/aromatic N) is 1.